The fourth-order valence-electron chi connectivity index (χ4n) is 3.34. The highest BCUT2D eigenvalue weighted by Crippen LogP contribution is 2.32. The van der Waals surface area contributed by atoms with Crippen LogP contribution in [0.1, 0.15) is 11.1 Å². The molecule has 0 aliphatic carbocycles. The molecule has 2 aromatic rings. The number of aliphatic hydroxyl groups excluding tert-OH is 3. The maximum atomic E-state index is 10.3. The molecular formula is C21H26O8. The van der Waals surface area contributed by atoms with Gasteiger partial charge >= 0.3 is 0 Å². The van der Waals surface area contributed by atoms with Gasteiger partial charge in [-0.25, -0.2) is 0 Å². The van der Waals surface area contributed by atoms with Crippen LogP contribution in [-0.4, -0.2) is 64.8 Å². The Hall–Kier alpha value is -2.36. The number of ether oxygens (including phenoxy) is 4. The van der Waals surface area contributed by atoms with Gasteiger partial charge < -0.3 is 39.4 Å². The molecule has 3 rings (SSSR count). The Morgan fingerprint density at radius 1 is 0.897 bits per heavy atom. The molecule has 1 aliphatic rings. The van der Waals surface area contributed by atoms with E-state index in [-0.39, 0.29) is 5.75 Å². The second kappa shape index (κ2) is 8.98. The van der Waals surface area contributed by atoms with E-state index in [0.717, 1.165) is 11.1 Å². The van der Waals surface area contributed by atoms with Gasteiger partial charge in [-0.2, -0.15) is 0 Å². The Bertz CT molecular complexity index is 817. The summed E-state index contributed by atoms with van der Waals surface area (Å²) in [4.78, 5) is 0. The molecule has 4 N–H and O–H groups in total. The average molecular weight is 406 g/mol. The van der Waals surface area contributed by atoms with Crippen molar-refractivity contribution >= 4 is 0 Å². The molecular weight excluding hydrogens is 380 g/mol. The lowest BCUT2D eigenvalue weighted by atomic mass is 9.99. The lowest BCUT2D eigenvalue weighted by Gasteiger charge is -2.41. The van der Waals surface area contributed by atoms with Crippen molar-refractivity contribution in [2.45, 2.75) is 44.6 Å². The zero-order chi connectivity index (χ0) is 21.1. The maximum Gasteiger partial charge on any atom is 0.229 e. The summed E-state index contributed by atoms with van der Waals surface area (Å²) in [7, 11) is 1.36. The predicted octanol–water partition coefficient (Wildman–Crippen LogP) is 1.63. The summed E-state index contributed by atoms with van der Waals surface area (Å²) in [5.41, 5.74) is 1.67. The largest absolute Gasteiger partial charge is 0.508 e. The van der Waals surface area contributed by atoms with E-state index in [2.05, 4.69) is 0 Å². The summed E-state index contributed by atoms with van der Waals surface area (Å²) in [5.74, 6) is 1.37. The number of methoxy groups -OCH3 is 1. The van der Waals surface area contributed by atoms with Gasteiger partial charge in [0.05, 0.1) is 6.61 Å². The molecule has 158 valence electrons. The first-order chi connectivity index (χ1) is 13.8. The van der Waals surface area contributed by atoms with Gasteiger partial charge in [0.15, 0.2) is 0 Å². The first-order valence-corrected chi connectivity index (χ1v) is 9.23. The van der Waals surface area contributed by atoms with Crippen LogP contribution < -0.4 is 9.47 Å². The number of phenols is 1. The summed E-state index contributed by atoms with van der Waals surface area (Å²) in [6.45, 7) is 3.29. The van der Waals surface area contributed by atoms with Crippen molar-refractivity contribution in [1.29, 1.82) is 0 Å². The Morgan fingerprint density at radius 3 is 2.14 bits per heavy atom. The third-order valence-corrected chi connectivity index (χ3v) is 4.64. The molecule has 8 heteroatoms. The van der Waals surface area contributed by atoms with Gasteiger partial charge in [-0.05, 0) is 49.2 Å². The Balaban J connectivity index is 1.79. The molecule has 0 aromatic heterocycles. The maximum absolute atomic E-state index is 10.3. The SMILES string of the molecule is COC1C(CO)OC(Oc2cc(C)cc(Oc3cc(C)cc(O)c3)c2)C(O)C1O. The van der Waals surface area contributed by atoms with E-state index in [1.54, 1.807) is 30.3 Å². The third-order valence-electron chi connectivity index (χ3n) is 4.64. The van der Waals surface area contributed by atoms with Crippen LogP contribution in [0.3, 0.4) is 0 Å². The number of hydrogen-bond donors (Lipinski definition) is 4. The fraction of sp³-hybridized carbons (Fsp3) is 0.429. The van der Waals surface area contributed by atoms with Crippen molar-refractivity contribution in [3.8, 4) is 23.0 Å². The van der Waals surface area contributed by atoms with E-state index in [1.165, 1.54) is 13.2 Å². The zero-order valence-corrected chi connectivity index (χ0v) is 16.5. The summed E-state index contributed by atoms with van der Waals surface area (Å²) in [6.07, 6.45) is -5.58. The highest BCUT2D eigenvalue weighted by atomic mass is 16.7. The zero-order valence-electron chi connectivity index (χ0n) is 16.5. The highest BCUT2D eigenvalue weighted by Gasteiger charge is 2.45. The molecule has 1 fully saturated rings. The molecule has 8 nitrogen and oxygen atoms in total. The van der Waals surface area contributed by atoms with Crippen molar-refractivity contribution in [2.24, 2.45) is 0 Å². The van der Waals surface area contributed by atoms with Crippen molar-refractivity contribution in [2.75, 3.05) is 13.7 Å². The fourth-order valence-corrected chi connectivity index (χ4v) is 3.34. The van der Waals surface area contributed by atoms with E-state index >= 15 is 0 Å². The Kier molecular flexibility index (Phi) is 6.61. The molecule has 29 heavy (non-hydrogen) atoms. The van der Waals surface area contributed by atoms with Gasteiger partial charge in [-0.1, -0.05) is 0 Å². The van der Waals surface area contributed by atoms with Crippen molar-refractivity contribution in [3.63, 3.8) is 0 Å². The molecule has 2 aromatic carbocycles. The highest BCUT2D eigenvalue weighted by molar-refractivity contribution is 5.43. The van der Waals surface area contributed by atoms with Crippen LogP contribution in [-0.2, 0) is 9.47 Å². The van der Waals surface area contributed by atoms with Crippen LogP contribution in [0.5, 0.6) is 23.0 Å². The molecule has 0 radical (unpaired) electrons. The van der Waals surface area contributed by atoms with Crippen LogP contribution in [0, 0.1) is 13.8 Å². The minimum atomic E-state index is -1.37. The molecule has 1 heterocycles. The predicted molar refractivity (Wildman–Crippen MR) is 103 cm³/mol. The molecule has 5 atom stereocenters. The number of aliphatic hydroxyl groups is 3. The lowest BCUT2D eigenvalue weighted by molar-refractivity contribution is -0.281. The van der Waals surface area contributed by atoms with Crippen molar-refractivity contribution in [1.82, 2.24) is 0 Å². The van der Waals surface area contributed by atoms with E-state index in [0.29, 0.717) is 17.2 Å². The van der Waals surface area contributed by atoms with Gasteiger partial charge in [0, 0.05) is 19.2 Å². The Morgan fingerprint density at radius 2 is 1.52 bits per heavy atom. The number of aromatic hydroxyl groups is 1. The topological polar surface area (TPSA) is 118 Å². The van der Waals surface area contributed by atoms with Crippen LogP contribution in [0.2, 0.25) is 0 Å². The second-order valence-electron chi connectivity index (χ2n) is 7.11. The monoisotopic (exact) mass is 406 g/mol. The minimum Gasteiger partial charge on any atom is -0.508 e. The molecule has 0 saturated carbocycles. The van der Waals surface area contributed by atoms with E-state index in [4.69, 9.17) is 18.9 Å². The summed E-state index contributed by atoms with van der Waals surface area (Å²) < 4.78 is 22.2. The summed E-state index contributed by atoms with van der Waals surface area (Å²) in [5, 5.41) is 39.8. The number of phenolic OH excluding ortho intramolecular Hbond substituents is 1. The molecule has 0 bridgehead atoms. The summed E-state index contributed by atoms with van der Waals surface area (Å²) in [6, 6.07) is 10.0. The van der Waals surface area contributed by atoms with E-state index in [9.17, 15) is 20.4 Å². The second-order valence-corrected chi connectivity index (χ2v) is 7.11. The number of hydrogen-bond acceptors (Lipinski definition) is 8. The first-order valence-electron chi connectivity index (χ1n) is 9.23. The van der Waals surface area contributed by atoms with Crippen molar-refractivity contribution in [3.05, 3.63) is 47.5 Å². The van der Waals surface area contributed by atoms with Gasteiger partial charge in [0.2, 0.25) is 6.29 Å². The van der Waals surface area contributed by atoms with Crippen LogP contribution in [0.4, 0.5) is 0 Å². The molecule has 0 spiro atoms. The van der Waals surface area contributed by atoms with Gasteiger partial charge in [-0.3, -0.25) is 0 Å². The smallest absolute Gasteiger partial charge is 0.229 e. The number of benzene rings is 2. The molecule has 1 aliphatic heterocycles. The standard InChI is InChI=1S/C21H26O8/c1-11-4-13(23)8-14(5-11)27-15-6-12(2)7-16(9-15)28-21-19(25)18(24)20(26-3)17(10-22)29-21/h4-9,17-25H,10H2,1-3H3. The average Bonchev–Trinajstić information content (AvgIpc) is 2.64. The van der Waals surface area contributed by atoms with Gasteiger partial charge in [-0.15, -0.1) is 0 Å². The van der Waals surface area contributed by atoms with Crippen LogP contribution in [0.15, 0.2) is 36.4 Å². The minimum absolute atomic E-state index is 0.0968. The van der Waals surface area contributed by atoms with Gasteiger partial charge in [0.1, 0.15) is 47.4 Å². The van der Waals surface area contributed by atoms with Gasteiger partial charge in [0.25, 0.3) is 0 Å². The van der Waals surface area contributed by atoms with Crippen LogP contribution in [0.25, 0.3) is 0 Å². The molecule has 1 saturated heterocycles. The quantitative estimate of drug-likeness (QED) is 0.572. The van der Waals surface area contributed by atoms with Crippen LogP contribution >= 0.6 is 0 Å². The summed E-state index contributed by atoms with van der Waals surface area (Å²) >= 11 is 0. The molecule has 0 amide bonds. The van der Waals surface area contributed by atoms with Crippen molar-refractivity contribution < 1.29 is 39.4 Å². The Labute approximate surface area is 168 Å². The molecule has 5 unspecified atom stereocenters. The number of rotatable bonds is 6. The van der Waals surface area contributed by atoms with E-state index < -0.39 is 37.3 Å². The first kappa shape index (κ1) is 21.4. The third kappa shape index (κ3) is 4.98. The lowest BCUT2D eigenvalue weighted by Crippen LogP contribution is -2.60. The van der Waals surface area contributed by atoms with E-state index in [1.807, 2.05) is 13.8 Å². The number of aryl methyl sites for hydroxylation is 2. The normalized spacial score (nSPS) is 26.9.